The van der Waals surface area contributed by atoms with Crippen molar-refractivity contribution < 1.29 is 9.21 Å². The number of hydrogen-bond acceptors (Lipinski definition) is 3. The molecule has 3 heteroatoms. The summed E-state index contributed by atoms with van der Waals surface area (Å²) >= 11 is 1.79. The van der Waals surface area contributed by atoms with Crippen LogP contribution in [0.15, 0.2) is 28.7 Å². The molecule has 1 aliphatic carbocycles. The summed E-state index contributed by atoms with van der Waals surface area (Å²) in [5, 5.41) is 1.70. The van der Waals surface area contributed by atoms with Crippen LogP contribution in [0.1, 0.15) is 41.8 Å². The van der Waals surface area contributed by atoms with Crippen molar-refractivity contribution in [3.8, 4) is 0 Å². The molecule has 0 N–H and O–H groups in total. The lowest BCUT2D eigenvalue weighted by Crippen LogP contribution is -2.05. The Morgan fingerprint density at radius 1 is 1.32 bits per heavy atom. The normalized spacial score (nSPS) is 16.3. The minimum absolute atomic E-state index is 0.116. The second-order valence-electron chi connectivity index (χ2n) is 5.29. The van der Waals surface area contributed by atoms with Gasteiger partial charge < -0.3 is 4.42 Å². The van der Waals surface area contributed by atoms with E-state index in [2.05, 4.69) is 6.07 Å². The van der Waals surface area contributed by atoms with Gasteiger partial charge in [-0.05, 0) is 38.0 Å². The molecule has 0 unspecified atom stereocenters. The zero-order valence-electron chi connectivity index (χ0n) is 11.1. The SMILES string of the molecule is Cc1ccc2oc(C(=O)CSC3CCCC3)cc2c1. The second kappa shape index (κ2) is 5.41. The van der Waals surface area contributed by atoms with Crippen LogP contribution in [0.2, 0.25) is 0 Å². The predicted molar refractivity (Wildman–Crippen MR) is 80.0 cm³/mol. The molecule has 0 bridgehead atoms. The Balaban J connectivity index is 1.70. The highest BCUT2D eigenvalue weighted by atomic mass is 32.2. The second-order valence-corrected chi connectivity index (χ2v) is 6.58. The van der Waals surface area contributed by atoms with Gasteiger partial charge in [-0.1, -0.05) is 24.5 Å². The van der Waals surface area contributed by atoms with Gasteiger partial charge in [0.05, 0.1) is 5.75 Å². The van der Waals surface area contributed by atoms with E-state index in [0.717, 1.165) is 11.0 Å². The number of ketones is 1. The maximum Gasteiger partial charge on any atom is 0.207 e. The molecule has 1 saturated carbocycles. The Bertz CT molecular complexity index is 594. The largest absolute Gasteiger partial charge is 0.453 e. The van der Waals surface area contributed by atoms with Crippen LogP contribution in [0.3, 0.4) is 0 Å². The summed E-state index contributed by atoms with van der Waals surface area (Å²) in [4.78, 5) is 12.1. The van der Waals surface area contributed by atoms with Crippen LogP contribution in [-0.4, -0.2) is 16.8 Å². The number of hydrogen-bond donors (Lipinski definition) is 0. The fourth-order valence-corrected chi connectivity index (χ4v) is 3.82. The summed E-state index contributed by atoms with van der Waals surface area (Å²) in [6.45, 7) is 2.05. The van der Waals surface area contributed by atoms with Crippen molar-refractivity contribution in [2.24, 2.45) is 0 Å². The fraction of sp³-hybridized carbons (Fsp3) is 0.438. The zero-order chi connectivity index (χ0) is 13.2. The third-order valence-electron chi connectivity index (χ3n) is 3.70. The molecular weight excluding hydrogens is 256 g/mol. The lowest BCUT2D eigenvalue weighted by molar-refractivity contribution is 0.0994. The summed E-state index contributed by atoms with van der Waals surface area (Å²) in [5.74, 6) is 1.17. The maximum absolute atomic E-state index is 12.1. The van der Waals surface area contributed by atoms with E-state index in [1.807, 2.05) is 25.1 Å². The van der Waals surface area contributed by atoms with Crippen molar-refractivity contribution in [3.05, 3.63) is 35.6 Å². The summed E-state index contributed by atoms with van der Waals surface area (Å²) in [6.07, 6.45) is 5.15. The Morgan fingerprint density at radius 3 is 2.89 bits per heavy atom. The molecule has 1 heterocycles. The van der Waals surface area contributed by atoms with Crippen molar-refractivity contribution in [3.63, 3.8) is 0 Å². The number of aryl methyl sites for hydroxylation is 1. The number of furan rings is 1. The molecule has 1 aromatic carbocycles. The quantitative estimate of drug-likeness (QED) is 0.763. The molecular formula is C16H18O2S. The maximum atomic E-state index is 12.1. The van der Waals surface area contributed by atoms with Crippen LogP contribution in [-0.2, 0) is 0 Å². The molecule has 0 saturated heterocycles. The average Bonchev–Trinajstić information content (AvgIpc) is 3.04. The first-order valence-corrected chi connectivity index (χ1v) is 7.92. The van der Waals surface area contributed by atoms with E-state index in [1.54, 1.807) is 11.8 Å². The van der Waals surface area contributed by atoms with E-state index in [0.29, 0.717) is 16.8 Å². The van der Waals surface area contributed by atoms with E-state index in [-0.39, 0.29) is 5.78 Å². The Labute approximate surface area is 117 Å². The van der Waals surface area contributed by atoms with Gasteiger partial charge in [0.15, 0.2) is 5.76 Å². The van der Waals surface area contributed by atoms with Crippen LogP contribution < -0.4 is 0 Å². The van der Waals surface area contributed by atoms with Gasteiger partial charge >= 0.3 is 0 Å². The Kier molecular flexibility index (Phi) is 3.65. The fourth-order valence-electron chi connectivity index (χ4n) is 2.62. The molecule has 0 amide bonds. The number of Topliss-reactive ketones (excluding diaryl/α,β-unsaturated/α-hetero) is 1. The van der Waals surface area contributed by atoms with Gasteiger partial charge in [-0.25, -0.2) is 0 Å². The lowest BCUT2D eigenvalue weighted by atomic mass is 10.2. The van der Waals surface area contributed by atoms with Gasteiger partial charge in [0.2, 0.25) is 5.78 Å². The van der Waals surface area contributed by atoms with Crippen LogP contribution in [0, 0.1) is 6.92 Å². The first-order valence-electron chi connectivity index (χ1n) is 6.87. The number of fused-ring (bicyclic) bond motifs is 1. The topological polar surface area (TPSA) is 30.2 Å². The Hall–Kier alpha value is -1.22. The van der Waals surface area contributed by atoms with Crippen molar-refractivity contribution >= 4 is 28.5 Å². The number of rotatable bonds is 4. The molecule has 2 aromatic rings. The minimum Gasteiger partial charge on any atom is -0.453 e. The van der Waals surface area contributed by atoms with Gasteiger partial charge in [0.25, 0.3) is 0 Å². The highest BCUT2D eigenvalue weighted by molar-refractivity contribution is 8.00. The molecule has 0 radical (unpaired) electrons. The first kappa shape index (κ1) is 12.8. The Morgan fingerprint density at radius 2 is 2.11 bits per heavy atom. The summed E-state index contributed by atoms with van der Waals surface area (Å²) in [5.41, 5.74) is 1.99. The molecule has 2 nitrogen and oxygen atoms in total. The summed E-state index contributed by atoms with van der Waals surface area (Å²) in [7, 11) is 0. The van der Waals surface area contributed by atoms with Crippen molar-refractivity contribution in [2.45, 2.75) is 37.9 Å². The van der Waals surface area contributed by atoms with E-state index >= 15 is 0 Å². The molecule has 0 atom stereocenters. The molecule has 100 valence electrons. The van der Waals surface area contributed by atoms with Gasteiger partial charge in [0, 0.05) is 10.6 Å². The number of benzene rings is 1. The summed E-state index contributed by atoms with van der Waals surface area (Å²) in [6, 6.07) is 7.87. The summed E-state index contributed by atoms with van der Waals surface area (Å²) < 4.78 is 5.64. The number of thioether (sulfide) groups is 1. The predicted octanol–water partition coefficient (Wildman–Crippen LogP) is 4.60. The van der Waals surface area contributed by atoms with Crippen LogP contribution in [0.25, 0.3) is 11.0 Å². The smallest absolute Gasteiger partial charge is 0.207 e. The van der Waals surface area contributed by atoms with Crippen LogP contribution in [0.4, 0.5) is 0 Å². The molecule has 3 rings (SSSR count). The van der Waals surface area contributed by atoms with Crippen molar-refractivity contribution in [1.82, 2.24) is 0 Å². The van der Waals surface area contributed by atoms with Crippen molar-refractivity contribution in [2.75, 3.05) is 5.75 Å². The molecule has 0 spiro atoms. The highest BCUT2D eigenvalue weighted by Crippen LogP contribution is 2.30. The third-order valence-corrected chi connectivity index (χ3v) is 5.07. The van der Waals surface area contributed by atoms with Gasteiger partial charge in [-0.15, -0.1) is 0 Å². The standard InChI is InChI=1S/C16H18O2S/c1-11-6-7-15-12(8-11)9-16(18-15)14(17)10-19-13-4-2-3-5-13/h6-9,13H,2-5,10H2,1H3. The van der Waals surface area contributed by atoms with E-state index < -0.39 is 0 Å². The monoisotopic (exact) mass is 274 g/mol. The van der Waals surface area contributed by atoms with Gasteiger partial charge in [-0.2, -0.15) is 11.8 Å². The van der Waals surface area contributed by atoms with Crippen LogP contribution in [0.5, 0.6) is 0 Å². The van der Waals surface area contributed by atoms with Crippen LogP contribution >= 0.6 is 11.8 Å². The third kappa shape index (κ3) is 2.86. The van der Waals surface area contributed by atoms with Gasteiger partial charge in [0.1, 0.15) is 5.58 Å². The van der Waals surface area contributed by atoms with E-state index in [1.165, 1.54) is 31.2 Å². The van der Waals surface area contributed by atoms with E-state index in [9.17, 15) is 4.79 Å². The molecule has 0 aliphatic heterocycles. The van der Waals surface area contributed by atoms with Gasteiger partial charge in [-0.3, -0.25) is 4.79 Å². The molecule has 1 aromatic heterocycles. The lowest BCUT2D eigenvalue weighted by Gasteiger charge is -2.06. The first-order chi connectivity index (χ1) is 9.22. The minimum atomic E-state index is 0.116. The zero-order valence-corrected chi connectivity index (χ0v) is 12.0. The average molecular weight is 274 g/mol. The number of carbonyl (C=O) groups excluding carboxylic acids is 1. The number of carbonyl (C=O) groups is 1. The molecule has 1 fully saturated rings. The van der Waals surface area contributed by atoms with E-state index in [4.69, 9.17) is 4.42 Å². The van der Waals surface area contributed by atoms with Crippen molar-refractivity contribution in [1.29, 1.82) is 0 Å². The molecule has 19 heavy (non-hydrogen) atoms. The molecule has 1 aliphatic rings. The highest BCUT2D eigenvalue weighted by Gasteiger charge is 2.19.